The number of carbonyl (C=O) groups is 1. The largest absolute Gasteiger partial charge is 0.490 e. The molecule has 1 N–H and O–H groups in total. The van der Waals surface area contributed by atoms with Gasteiger partial charge in [0, 0.05) is 47.8 Å². The van der Waals surface area contributed by atoms with Crippen LogP contribution in [-0.2, 0) is 11.3 Å². The highest BCUT2D eigenvalue weighted by molar-refractivity contribution is 7.14. The Bertz CT molecular complexity index is 1180. The number of nitrogens with zero attached hydrogens (tertiary/aromatic N) is 5. The number of carboxylic acids is 1. The predicted octanol–water partition coefficient (Wildman–Crippen LogP) is 4.46. The van der Waals surface area contributed by atoms with Crippen molar-refractivity contribution >= 4 is 33.9 Å². The average molecular weight is 449 g/mol. The third kappa shape index (κ3) is 5.37. The second-order valence-corrected chi connectivity index (χ2v) is 7.61. The second-order valence-electron chi connectivity index (χ2n) is 6.52. The van der Waals surface area contributed by atoms with Crippen LogP contribution in [0.3, 0.4) is 0 Å². The van der Waals surface area contributed by atoms with Gasteiger partial charge in [0.05, 0.1) is 12.1 Å². The molecule has 0 fully saturated rings. The first-order valence-corrected chi connectivity index (χ1v) is 9.79. The third-order valence-electron chi connectivity index (χ3n) is 4.24. The van der Waals surface area contributed by atoms with Gasteiger partial charge in [-0.25, -0.2) is 14.5 Å². The molecule has 0 bridgehead atoms. The van der Waals surface area contributed by atoms with E-state index in [0.717, 1.165) is 17.2 Å². The van der Waals surface area contributed by atoms with Crippen LogP contribution >= 0.6 is 11.3 Å². The average Bonchev–Trinajstić information content (AvgIpc) is 3.39. The topological polar surface area (TPSA) is 84.1 Å². The number of pyridine rings is 1. The van der Waals surface area contributed by atoms with Crippen molar-refractivity contribution < 1.29 is 23.1 Å². The number of aliphatic carboxylic acids is 1. The van der Waals surface area contributed by atoms with Crippen molar-refractivity contribution in [2.75, 3.05) is 11.9 Å². The first-order chi connectivity index (χ1) is 14.7. The zero-order valence-electron chi connectivity index (χ0n) is 16.5. The highest BCUT2D eigenvalue weighted by Crippen LogP contribution is 2.28. The third-order valence-corrected chi connectivity index (χ3v) is 5.21. The fraction of sp³-hybridized carbons (Fsp3) is 0.200. The number of halogens is 3. The van der Waals surface area contributed by atoms with Gasteiger partial charge in [-0.2, -0.15) is 18.3 Å². The van der Waals surface area contributed by atoms with E-state index in [-0.39, 0.29) is 0 Å². The Morgan fingerprint density at radius 2 is 1.94 bits per heavy atom. The lowest BCUT2D eigenvalue weighted by Gasteiger charge is -2.20. The van der Waals surface area contributed by atoms with Gasteiger partial charge >= 0.3 is 12.1 Å². The molecule has 162 valence electrons. The van der Waals surface area contributed by atoms with E-state index in [9.17, 15) is 13.2 Å². The molecule has 3 aromatic heterocycles. The predicted molar refractivity (Wildman–Crippen MR) is 112 cm³/mol. The van der Waals surface area contributed by atoms with Crippen LogP contribution in [0.4, 0.5) is 18.9 Å². The van der Waals surface area contributed by atoms with Crippen molar-refractivity contribution in [3.8, 4) is 5.13 Å². The minimum atomic E-state index is -5.08. The number of fused-ring (bicyclic) bond motifs is 1. The first kappa shape index (κ1) is 22.2. The van der Waals surface area contributed by atoms with Crippen LogP contribution in [0.1, 0.15) is 10.4 Å². The second kappa shape index (κ2) is 9.13. The molecule has 0 radical (unpaired) electrons. The van der Waals surface area contributed by atoms with E-state index in [2.05, 4.69) is 58.2 Å². The van der Waals surface area contributed by atoms with Crippen LogP contribution in [0.15, 0.2) is 55.1 Å². The number of benzene rings is 1. The maximum atomic E-state index is 10.6. The molecule has 11 heteroatoms. The quantitative estimate of drug-likeness (QED) is 0.495. The van der Waals surface area contributed by atoms with Gasteiger partial charge < -0.3 is 10.0 Å². The summed E-state index contributed by atoms with van der Waals surface area (Å²) in [5.74, 6) is -2.76. The molecule has 3 heterocycles. The summed E-state index contributed by atoms with van der Waals surface area (Å²) in [5, 5.41) is 13.4. The Balaban J connectivity index is 0.000000339. The number of hydrogen-bond acceptors (Lipinski definition) is 6. The highest BCUT2D eigenvalue weighted by atomic mass is 32.1. The van der Waals surface area contributed by atoms with E-state index in [1.807, 2.05) is 24.7 Å². The van der Waals surface area contributed by atoms with Crippen LogP contribution in [0.2, 0.25) is 0 Å². The molecule has 0 spiro atoms. The van der Waals surface area contributed by atoms with Crippen LogP contribution in [0.5, 0.6) is 0 Å². The van der Waals surface area contributed by atoms with Crippen LogP contribution in [0.25, 0.3) is 16.0 Å². The number of hydrogen-bond donors (Lipinski definition) is 1. The van der Waals surface area contributed by atoms with E-state index >= 15 is 0 Å². The molecule has 0 atom stereocenters. The first-order valence-electron chi connectivity index (χ1n) is 8.97. The summed E-state index contributed by atoms with van der Waals surface area (Å²) in [6.45, 7) is 2.89. The lowest BCUT2D eigenvalue weighted by atomic mass is 10.1. The van der Waals surface area contributed by atoms with Gasteiger partial charge in [-0.1, -0.05) is 29.5 Å². The van der Waals surface area contributed by atoms with Crippen molar-refractivity contribution in [1.29, 1.82) is 0 Å². The maximum Gasteiger partial charge on any atom is 0.490 e. The summed E-state index contributed by atoms with van der Waals surface area (Å²) in [6, 6.07) is 10.3. The van der Waals surface area contributed by atoms with Gasteiger partial charge in [0.15, 0.2) is 0 Å². The standard InChI is InChI=1S/C18H17N5S.C2HF3O2/c1-13-5-3-6-15-16(7-9-19-17(13)15)22(2)12-14-11-20-18(24-14)23-10-4-8-21-23;3-2(4,5)1(6)7/h3-11H,12H2,1-2H3;(H,6,7). The number of aromatic nitrogens is 4. The molecule has 0 unspecified atom stereocenters. The fourth-order valence-corrected chi connectivity index (χ4v) is 3.72. The maximum absolute atomic E-state index is 10.6. The molecule has 31 heavy (non-hydrogen) atoms. The fourth-order valence-electron chi connectivity index (χ4n) is 2.82. The number of para-hydroxylation sites is 1. The molecule has 0 aliphatic carbocycles. The SMILES string of the molecule is Cc1cccc2c(N(C)Cc3cnc(-n4cccn4)s3)ccnc12.O=C(O)C(F)(F)F. The van der Waals surface area contributed by atoms with Gasteiger partial charge in [0.25, 0.3) is 0 Å². The lowest BCUT2D eigenvalue weighted by Crippen LogP contribution is -2.21. The molecule has 0 aliphatic rings. The highest BCUT2D eigenvalue weighted by Gasteiger charge is 2.38. The number of rotatable bonds is 4. The number of anilines is 1. The summed E-state index contributed by atoms with van der Waals surface area (Å²) in [7, 11) is 2.10. The van der Waals surface area contributed by atoms with Gasteiger partial charge in [-0.3, -0.25) is 4.98 Å². The van der Waals surface area contributed by atoms with Crippen molar-refractivity contribution in [3.05, 3.63) is 65.6 Å². The molecule has 4 rings (SSSR count). The van der Waals surface area contributed by atoms with Gasteiger partial charge in [0.2, 0.25) is 5.13 Å². The normalized spacial score (nSPS) is 11.1. The van der Waals surface area contributed by atoms with Gasteiger partial charge in [-0.05, 0) is 24.6 Å². The van der Waals surface area contributed by atoms with Crippen LogP contribution in [-0.4, -0.2) is 44.0 Å². The minimum Gasteiger partial charge on any atom is -0.475 e. The smallest absolute Gasteiger partial charge is 0.475 e. The molecular weight excluding hydrogens is 431 g/mol. The number of carboxylic acid groups (broad SMARTS) is 1. The summed E-state index contributed by atoms with van der Waals surface area (Å²) in [4.78, 5) is 21.3. The summed E-state index contributed by atoms with van der Waals surface area (Å²) >= 11 is 1.65. The summed E-state index contributed by atoms with van der Waals surface area (Å²) < 4.78 is 33.5. The molecular formula is C20H18F3N5O2S. The van der Waals surface area contributed by atoms with Gasteiger partial charge in [0.1, 0.15) is 0 Å². The molecule has 0 saturated heterocycles. The molecule has 7 nitrogen and oxygen atoms in total. The Morgan fingerprint density at radius 1 is 1.19 bits per heavy atom. The van der Waals surface area contributed by atoms with Crippen LogP contribution < -0.4 is 4.90 Å². The van der Waals surface area contributed by atoms with E-state index in [4.69, 9.17) is 9.90 Å². The minimum absolute atomic E-state index is 0.798. The number of aryl methyl sites for hydroxylation is 1. The van der Waals surface area contributed by atoms with Gasteiger partial charge in [-0.15, -0.1) is 0 Å². The zero-order valence-corrected chi connectivity index (χ0v) is 17.4. The molecule has 4 aromatic rings. The van der Waals surface area contributed by atoms with Crippen molar-refractivity contribution in [3.63, 3.8) is 0 Å². The Kier molecular flexibility index (Phi) is 6.54. The van der Waals surface area contributed by atoms with Crippen LogP contribution in [0, 0.1) is 6.92 Å². The Hall–Kier alpha value is -3.47. The monoisotopic (exact) mass is 449 g/mol. The zero-order chi connectivity index (χ0) is 22.6. The van der Waals surface area contributed by atoms with Crippen molar-refractivity contribution in [1.82, 2.24) is 19.7 Å². The number of thiazole rings is 1. The Morgan fingerprint density at radius 3 is 2.58 bits per heavy atom. The van der Waals surface area contributed by atoms with E-state index < -0.39 is 12.1 Å². The van der Waals surface area contributed by atoms with E-state index in [1.165, 1.54) is 21.5 Å². The van der Waals surface area contributed by atoms with Crippen molar-refractivity contribution in [2.24, 2.45) is 0 Å². The molecule has 0 saturated carbocycles. The molecule has 1 aromatic carbocycles. The lowest BCUT2D eigenvalue weighted by molar-refractivity contribution is -0.192. The van der Waals surface area contributed by atoms with E-state index in [0.29, 0.717) is 0 Å². The Labute approximate surface area is 179 Å². The summed E-state index contributed by atoms with van der Waals surface area (Å²) in [5.41, 5.74) is 3.43. The van der Waals surface area contributed by atoms with Crippen molar-refractivity contribution in [2.45, 2.75) is 19.6 Å². The number of alkyl halides is 3. The van der Waals surface area contributed by atoms with E-state index in [1.54, 1.807) is 22.2 Å². The molecule has 0 aliphatic heterocycles. The summed E-state index contributed by atoms with van der Waals surface area (Å²) in [6.07, 6.45) is 2.39. The molecule has 0 amide bonds.